The molecule has 3 rings (SSSR count). The summed E-state index contributed by atoms with van der Waals surface area (Å²) in [5, 5.41) is 0.203. The lowest BCUT2D eigenvalue weighted by atomic mass is 10.1. The van der Waals surface area contributed by atoms with Crippen LogP contribution in [0.1, 0.15) is 21.9 Å². The first-order valence-electron chi connectivity index (χ1n) is 6.73. The molecular weight excluding hydrogens is 330 g/mol. The van der Waals surface area contributed by atoms with Gasteiger partial charge in [-0.1, -0.05) is 0 Å². The third kappa shape index (κ3) is 2.82. The first-order chi connectivity index (χ1) is 11.3. The third-order valence-electron chi connectivity index (χ3n) is 3.48. The molecule has 0 atom stereocenters. The summed E-state index contributed by atoms with van der Waals surface area (Å²) >= 11 is 0. The predicted molar refractivity (Wildman–Crippen MR) is 75.1 cm³/mol. The molecular formula is C16H9F4NO3. The summed E-state index contributed by atoms with van der Waals surface area (Å²) in [7, 11) is 0. The van der Waals surface area contributed by atoms with E-state index in [-0.39, 0.29) is 29.5 Å². The molecule has 2 aromatic heterocycles. The van der Waals surface area contributed by atoms with Crippen molar-refractivity contribution in [1.82, 2.24) is 4.57 Å². The molecule has 0 spiro atoms. The smallest absolute Gasteiger partial charge is 0.449 e. The standard InChI is InChI=1S/C16H9F4NO3/c17-9-1-3-13-11(5-9)12(14(23)8-22)7-21(13)6-10-2-4-15(24-10)16(18,19)20/h1-5,7-8H,6H2. The van der Waals surface area contributed by atoms with Crippen LogP contribution in [0.5, 0.6) is 0 Å². The number of carbonyl (C=O) groups is 2. The highest BCUT2D eigenvalue weighted by Gasteiger charge is 2.34. The Morgan fingerprint density at radius 3 is 2.58 bits per heavy atom. The van der Waals surface area contributed by atoms with Crippen LogP contribution in [-0.4, -0.2) is 16.6 Å². The monoisotopic (exact) mass is 339 g/mol. The summed E-state index contributed by atoms with van der Waals surface area (Å²) < 4.78 is 57.3. The molecule has 0 radical (unpaired) electrons. The Kier molecular flexibility index (Phi) is 3.75. The van der Waals surface area contributed by atoms with Crippen LogP contribution in [0, 0.1) is 5.82 Å². The highest BCUT2D eigenvalue weighted by Crippen LogP contribution is 2.31. The van der Waals surface area contributed by atoms with E-state index in [0.29, 0.717) is 5.52 Å². The van der Waals surface area contributed by atoms with Crippen molar-refractivity contribution in [2.24, 2.45) is 0 Å². The Balaban J connectivity index is 2.05. The minimum atomic E-state index is -4.60. The zero-order valence-electron chi connectivity index (χ0n) is 11.9. The quantitative estimate of drug-likeness (QED) is 0.314. The third-order valence-corrected chi connectivity index (χ3v) is 3.48. The number of halogens is 4. The molecule has 0 aliphatic rings. The van der Waals surface area contributed by atoms with Gasteiger partial charge in [0.2, 0.25) is 11.5 Å². The Bertz CT molecular complexity index is 937. The van der Waals surface area contributed by atoms with Crippen LogP contribution in [0.3, 0.4) is 0 Å². The van der Waals surface area contributed by atoms with E-state index in [1.807, 2.05) is 0 Å². The number of aldehydes is 1. The fourth-order valence-electron chi connectivity index (χ4n) is 2.44. The largest absolute Gasteiger partial charge is 0.455 e. The molecule has 0 saturated carbocycles. The number of fused-ring (bicyclic) bond motifs is 1. The number of furan rings is 1. The van der Waals surface area contributed by atoms with Crippen LogP contribution in [0.25, 0.3) is 10.9 Å². The highest BCUT2D eigenvalue weighted by molar-refractivity contribution is 6.36. The van der Waals surface area contributed by atoms with Gasteiger partial charge in [0.25, 0.3) is 0 Å². The number of nitrogens with zero attached hydrogens (tertiary/aromatic N) is 1. The van der Waals surface area contributed by atoms with Crippen molar-refractivity contribution in [2.45, 2.75) is 12.7 Å². The zero-order valence-corrected chi connectivity index (χ0v) is 11.9. The van der Waals surface area contributed by atoms with Crippen molar-refractivity contribution < 1.29 is 31.6 Å². The summed E-state index contributed by atoms with van der Waals surface area (Å²) in [6.45, 7) is -0.107. The first kappa shape index (κ1) is 16.0. The number of rotatable bonds is 4. The average Bonchev–Trinajstić information content (AvgIpc) is 3.12. The van der Waals surface area contributed by atoms with Crippen molar-refractivity contribution >= 4 is 23.0 Å². The maximum absolute atomic E-state index is 13.4. The Morgan fingerprint density at radius 1 is 1.21 bits per heavy atom. The number of carbonyl (C=O) groups excluding carboxylic acids is 2. The van der Waals surface area contributed by atoms with Crippen molar-refractivity contribution in [3.63, 3.8) is 0 Å². The van der Waals surface area contributed by atoms with Crippen LogP contribution in [0.15, 0.2) is 40.9 Å². The van der Waals surface area contributed by atoms with Gasteiger partial charge in [-0.05, 0) is 30.3 Å². The Morgan fingerprint density at radius 2 is 1.96 bits per heavy atom. The number of alkyl halides is 3. The summed E-state index contributed by atoms with van der Waals surface area (Å²) in [4.78, 5) is 22.4. The average molecular weight is 339 g/mol. The van der Waals surface area contributed by atoms with Gasteiger partial charge < -0.3 is 8.98 Å². The van der Waals surface area contributed by atoms with Gasteiger partial charge in [-0.25, -0.2) is 4.39 Å². The van der Waals surface area contributed by atoms with Crippen LogP contribution in [0.2, 0.25) is 0 Å². The summed E-state index contributed by atoms with van der Waals surface area (Å²) in [5.74, 6) is -2.57. The van der Waals surface area contributed by atoms with Crippen molar-refractivity contribution in [2.75, 3.05) is 0 Å². The molecule has 3 aromatic rings. The molecule has 4 nitrogen and oxygen atoms in total. The SMILES string of the molecule is O=CC(=O)c1cn(Cc2ccc(C(F)(F)F)o2)c2ccc(F)cc12. The maximum atomic E-state index is 13.4. The van der Waals surface area contributed by atoms with Crippen molar-refractivity contribution in [1.29, 1.82) is 0 Å². The first-order valence-corrected chi connectivity index (χ1v) is 6.73. The summed E-state index contributed by atoms with van der Waals surface area (Å²) in [6.07, 6.45) is -3.21. The topological polar surface area (TPSA) is 52.2 Å². The minimum absolute atomic E-state index is 0.00801. The Labute approximate surface area is 132 Å². The number of Topliss-reactive ketones (excluding diaryl/α,β-unsaturated/α-hetero) is 1. The molecule has 0 fully saturated rings. The van der Waals surface area contributed by atoms with E-state index in [1.54, 1.807) is 0 Å². The fraction of sp³-hybridized carbons (Fsp3) is 0.125. The van der Waals surface area contributed by atoms with E-state index in [2.05, 4.69) is 0 Å². The normalized spacial score (nSPS) is 11.8. The van der Waals surface area contributed by atoms with E-state index >= 15 is 0 Å². The van der Waals surface area contributed by atoms with Crippen LogP contribution in [0.4, 0.5) is 17.6 Å². The van der Waals surface area contributed by atoms with Gasteiger partial charge in [0.05, 0.1) is 12.1 Å². The molecule has 124 valence electrons. The number of ketones is 1. The fourth-order valence-corrected chi connectivity index (χ4v) is 2.44. The lowest BCUT2D eigenvalue weighted by molar-refractivity contribution is -0.153. The van der Waals surface area contributed by atoms with Crippen LogP contribution in [-0.2, 0) is 17.5 Å². The molecule has 8 heteroatoms. The van der Waals surface area contributed by atoms with E-state index < -0.39 is 23.5 Å². The molecule has 0 aliphatic heterocycles. The molecule has 0 saturated heterocycles. The molecule has 0 unspecified atom stereocenters. The molecule has 0 amide bonds. The predicted octanol–water partition coefficient (Wildman–Crippen LogP) is 3.82. The van der Waals surface area contributed by atoms with Gasteiger partial charge in [0, 0.05) is 17.1 Å². The molecule has 0 N–H and O–H groups in total. The van der Waals surface area contributed by atoms with Gasteiger partial charge in [-0.3, -0.25) is 9.59 Å². The lowest BCUT2D eigenvalue weighted by Crippen LogP contribution is -2.03. The molecule has 24 heavy (non-hydrogen) atoms. The van der Waals surface area contributed by atoms with Crippen LogP contribution < -0.4 is 0 Å². The maximum Gasteiger partial charge on any atom is 0.449 e. The second kappa shape index (κ2) is 5.63. The number of hydrogen-bond donors (Lipinski definition) is 0. The molecule has 2 heterocycles. The summed E-state index contributed by atoms with van der Waals surface area (Å²) in [5.41, 5.74) is 0.369. The molecule has 1 aromatic carbocycles. The second-order valence-corrected chi connectivity index (χ2v) is 5.08. The summed E-state index contributed by atoms with van der Waals surface area (Å²) in [6, 6.07) is 5.58. The minimum Gasteiger partial charge on any atom is -0.455 e. The van der Waals surface area contributed by atoms with E-state index in [9.17, 15) is 27.2 Å². The van der Waals surface area contributed by atoms with E-state index in [4.69, 9.17) is 4.42 Å². The Hall–Kier alpha value is -2.90. The van der Waals surface area contributed by atoms with Gasteiger partial charge >= 0.3 is 6.18 Å². The van der Waals surface area contributed by atoms with Gasteiger partial charge in [-0.2, -0.15) is 13.2 Å². The van der Waals surface area contributed by atoms with Crippen molar-refractivity contribution in [3.05, 3.63) is 59.4 Å². The number of aromatic nitrogens is 1. The van der Waals surface area contributed by atoms with Gasteiger partial charge in [0.1, 0.15) is 11.6 Å². The van der Waals surface area contributed by atoms with E-state index in [0.717, 1.165) is 18.2 Å². The highest BCUT2D eigenvalue weighted by atomic mass is 19.4. The van der Waals surface area contributed by atoms with E-state index in [1.165, 1.54) is 22.9 Å². The van der Waals surface area contributed by atoms with Crippen molar-refractivity contribution in [3.8, 4) is 0 Å². The molecule has 0 aliphatic carbocycles. The number of benzene rings is 1. The molecule has 0 bridgehead atoms. The van der Waals surface area contributed by atoms with Gasteiger partial charge in [0.15, 0.2) is 6.29 Å². The zero-order chi connectivity index (χ0) is 17.5. The lowest BCUT2D eigenvalue weighted by Gasteiger charge is -2.04. The number of hydrogen-bond acceptors (Lipinski definition) is 3. The van der Waals surface area contributed by atoms with Crippen LogP contribution >= 0.6 is 0 Å². The van der Waals surface area contributed by atoms with Gasteiger partial charge in [-0.15, -0.1) is 0 Å². The second-order valence-electron chi connectivity index (χ2n) is 5.08.